The van der Waals surface area contributed by atoms with Crippen LogP contribution in [0.2, 0.25) is 0 Å². The van der Waals surface area contributed by atoms with Gasteiger partial charge in [0.1, 0.15) is 5.69 Å². The van der Waals surface area contributed by atoms with E-state index in [1.165, 1.54) is 11.8 Å². The van der Waals surface area contributed by atoms with Gasteiger partial charge in [-0.15, -0.1) is 16.9 Å². The van der Waals surface area contributed by atoms with Crippen molar-refractivity contribution in [2.45, 2.75) is 24.8 Å². The summed E-state index contributed by atoms with van der Waals surface area (Å²) in [6.45, 7) is 4.05. The topological polar surface area (TPSA) is 85.8 Å². The summed E-state index contributed by atoms with van der Waals surface area (Å²) in [6, 6.07) is 9.42. The summed E-state index contributed by atoms with van der Waals surface area (Å²) in [5.41, 5.74) is 1.13. The zero-order valence-electron chi connectivity index (χ0n) is 13.6. The SMILES string of the molecule is CSc1ccccc1C(=O)Nc1nnc(-c2ccn(C(C)C)n2)o1. The number of rotatable bonds is 5. The van der Waals surface area contributed by atoms with E-state index in [0.717, 1.165) is 4.90 Å². The number of nitrogens with one attached hydrogen (secondary N) is 1. The molecule has 3 rings (SSSR count). The molecule has 0 aliphatic rings. The molecular weight excluding hydrogens is 326 g/mol. The fourth-order valence-electron chi connectivity index (χ4n) is 2.11. The quantitative estimate of drug-likeness (QED) is 0.714. The van der Waals surface area contributed by atoms with Gasteiger partial charge in [0.2, 0.25) is 0 Å². The van der Waals surface area contributed by atoms with Crippen molar-refractivity contribution in [3.63, 3.8) is 0 Å². The molecule has 2 aromatic heterocycles. The van der Waals surface area contributed by atoms with Crippen LogP contribution in [0.3, 0.4) is 0 Å². The molecule has 0 spiro atoms. The van der Waals surface area contributed by atoms with Crippen LogP contribution in [0.1, 0.15) is 30.2 Å². The van der Waals surface area contributed by atoms with Crippen molar-refractivity contribution >= 4 is 23.7 Å². The van der Waals surface area contributed by atoms with Crippen LogP contribution in [0.4, 0.5) is 6.01 Å². The highest BCUT2D eigenvalue weighted by atomic mass is 32.2. The van der Waals surface area contributed by atoms with Crippen molar-refractivity contribution in [2.75, 3.05) is 11.6 Å². The molecule has 0 radical (unpaired) electrons. The minimum Gasteiger partial charge on any atom is -0.401 e. The van der Waals surface area contributed by atoms with Crippen LogP contribution in [0.5, 0.6) is 0 Å². The molecule has 1 N–H and O–H groups in total. The molecule has 0 unspecified atom stereocenters. The Morgan fingerprint density at radius 1 is 1.25 bits per heavy atom. The number of carbonyl (C=O) groups excluding carboxylic acids is 1. The Balaban J connectivity index is 1.77. The van der Waals surface area contributed by atoms with Crippen LogP contribution < -0.4 is 5.32 Å². The van der Waals surface area contributed by atoms with E-state index in [4.69, 9.17) is 4.42 Å². The monoisotopic (exact) mass is 343 g/mol. The summed E-state index contributed by atoms with van der Waals surface area (Å²) in [7, 11) is 0. The molecule has 7 nitrogen and oxygen atoms in total. The molecule has 8 heteroatoms. The predicted octanol–water partition coefficient (Wildman–Crippen LogP) is 3.49. The Hall–Kier alpha value is -2.61. The van der Waals surface area contributed by atoms with Crippen LogP contribution in [0.25, 0.3) is 11.6 Å². The number of anilines is 1. The van der Waals surface area contributed by atoms with Gasteiger partial charge in [-0.25, -0.2) is 0 Å². The van der Waals surface area contributed by atoms with E-state index in [9.17, 15) is 4.79 Å². The van der Waals surface area contributed by atoms with E-state index in [1.54, 1.807) is 16.8 Å². The summed E-state index contributed by atoms with van der Waals surface area (Å²) < 4.78 is 7.29. The van der Waals surface area contributed by atoms with E-state index >= 15 is 0 Å². The maximum absolute atomic E-state index is 12.4. The van der Waals surface area contributed by atoms with Crippen LogP contribution in [-0.2, 0) is 0 Å². The van der Waals surface area contributed by atoms with Gasteiger partial charge in [0, 0.05) is 17.1 Å². The number of carbonyl (C=O) groups is 1. The molecule has 1 aromatic carbocycles. The number of hydrogen-bond acceptors (Lipinski definition) is 6. The van der Waals surface area contributed by atoms with E-state index in [1.807, 2.05) is 44.5 Å². The minimum absolute atomic E-state index is 0.0463. The highest BCUT2D eigenvalue weighted by molar-refractivity contribution is 7.98. The lowest BCUT2D eigenvalue weighted by Gasteiger charge is -2.05. The summed E-state index contributed by atoms with van der Waals surface area (Å²) in [6.07, 6.45) is 3.76. The second-order valence-electron chi connectivity index (χ2n) is 5.34. The Labute approximate surface area is 143 Å². The van der Waals surface area contributed by atoms with E-state index in [0.29, 0.717) is 11.3 Å². The van der Waals surface area contributed by atoms with Gasteiger partial charge in [-0.1, -0.05) is 17.2 Å². The van der Waals surface area contributed by atoms with Gasteiger partial charge in [-0.05, 0) is 38.3 Å². The lowest BCUT2D eigenvalue weighted by Crippen LogP contribution is -2.13. The first-order valence-electron chi connectivity index (χ1n) is 7.42. The van der Waals surface area contributed by atoms with Gasteiger partial charge >= 0.3 is 6.01 Å². The molecule has 124 valence electrons. The maximum atomic E-state index is 12.4. The third-order valence-electron chi connectivity index (χ3n) is 3.35. The van der Waals surface area contributed by atoms with Crippen LogP contribution in [0.15, 0.2) is 45.8 Å². The van der Waals surface area contributed by atoms with E-state index in [2.05, 4.69) is 20.6 Å². The molecule has 0 aliphatic heterocycles. The molecule has 2 heterocycles. The second-order valence-corrected chi connectivity index (χ2v) is 6.19. The van der Waals surface area contributed by atoms with E-state index in [-0.39, 0.29) is 23.9 Å². The van der Waals surface area contributed by atoms with Crippen LogP contribution in [-0.4, -0.2) is 32.1 Å². The largest absolute Gasteiger partial charge is 0.401 e. The Kier molecular flexibility index (Phi) is 4.66. The normalized spacial score (nSPS) is 11.0. The van der Waals surface area contributed by atoms with E-state index < -0.39 is 0 Å². The Morgan fingerprint density at radius 2 is 2.04 bits per heavy atom. The molecule has 3 aromatic rings. The summed E-state index contributed by atoms with van der Waals surface area (Å²) in [4.78, 5) is 13.2. The molecule has 0 saturated heterocycles. The molecule has 24 heavy (non-hydrogen) atoms. The number of thioether (sulfide) groups is 1. The molecule has 0 saturated carbocycles. The lowest BCUT2D eigenvalue weighted by molar-refractivity contribution is 0.102. The van der Waals surface area contributed by atoms with Gasteiger partial charge < -0.3 is 4.42 Å². The smallest absolute Gasteiger partial charge is 0.322 e. The number of aromatic nitrogens is 4. The summed E-state index contributed by atoms with van der Waals surface area (Å²) in [5, 5.41) is 14.8. The Morgan fingerprint density at radius 3 is 2.75 bits per heavy atom. The first-order chi connectivity index (χ1) is 11.6. The average molecular weight is 343 g/mol. The van der Waals surface area contributed by atoms with Gasteiger partial charge in [0.15, 0.2) is 0 Å². The minimum atomic E-state index is -0.289. The van der Waals surface area contributed by atoms with Crippen molar-refractivity contribution in [3.8, 4) is 11.6 Å². The third-order valence-corrected chi connectivity index (χ3v) is 4.15. The van der Waals surface area contributed by atoms with Crippen molar-refractivity contribution in [1.82, 2.24) is 20.0 Å². The van der Waals surface area contributed by atoms with Gasteiger partial charge in [-0.3, -0.25) is 14.8 Å². The highest BCUT2D eigenvalue weighted by Gasteiger charge is 2.16. The fraction of sp³-hybridized carbons (Fsp3) is 0.250. The third kappa shape index (κ3) is 3.33. The number of hydrogen-bond donors (Lipinski definition) is 1. The summed E-state index contributed by atoms with van der Waals surface area (Å²) in [5.74, 6) is -0.0225. The predicted molar refractivity (Wildman–Crippen MR) is 92.1 cm³/mol. The molecule has 0 aliphatic carbocycles. The number of nitrogens with zero attached hydrogens (tertiary/aromatic N) is 4. The second kappa shape index (κ2) is 6.88. The van der Waals surface area contributed by atoms with Crippen molar-refractivity contribution in [3.05, 3.63) is 42.1 Å². The van der Waals surface area contributed by atoms with Gasteiger partial charge in [-0.2, -0.15) is 5.10 Å². The maximum Gasteiger partial charge on any atom is 0.322 e. The number of amides is 1. The molecule has 0 atom stereocenters. The zero-order chi connectivity index (χ0) is 17.1. The van der Waals surface area contributed by atoms with Gasteiger partial charge in [0.25, 0.3) is 11.8 Å². The molecule has 1 amide bonds. The fourth-order valence-corrected chi connectivity index (χ4v) is 2.71. The standard InChI is InChI=1S/C16H17N5O2S/c1-10(2)21-9-8-12(20-21)15-18-19-16(23-15)17-14(22)11-6-4-5-7-13(11)24-3/h4-10H,1-3H3,(H,17,19,22). The number of benzene rings is 1. The van der Waals surface area contributed by atoms with Crippen molar-refractivity contribution < 1.29 is 9.21 Å². The zero-order valence-corrected chi connectivity index (χ0v) is 14.4. The lowest BCUT2D eigenvalue weighted by atomic mass is 10.2. The Bertz CT molecular complexity index is 856. The first-order valence-corrected chi connectivity index (χ1v) is 8.64. The van der Waals surface area contributed by atoms with Gasteiger partial charge in [0.05, 0.1) is 5.56 Å². The highest BCUT2D eigenvalue weighted by Crippen LogP contribution is 2.22. The molecule has 0 fully saturated rings. The first kappa shape index (κ1) is 16.3. The van der Waals surface area contributed by atoms with Crippen LogP contribution >= 0.6 is 11.8 Å². The molecular formula is C16H17N5O2S. The van der Waals surface area contributed by atoms with Crippen molar-refractivity contribution in [1.29, 1.82) is 0 Å². The average Bonchev–Trinajstić information content (AvgIpc) is 3.23. The summed E-state index contributed by atoms with van der Waals surface area (Å²) >= 11 is 1.50. The van der Waals surface area contributed by atoms with Crippen molar-refractivity contribution in [2.24, 2.45) is 0 Å². The van der Waals surface area contributed by atoms with Crippen LogP contribution in [0, 0.1) is 0 Å². The molecule has 0 bridgehead atoms.